The van der Waals surface area contributed by atoms with Gasteiger partial charge in [0.05, 0.1) is 11.6 Å². The number of carbonyl (C=O) groups is 1. The number of anilines is 1. The molecular formula is C15H16N2O. The zero-order valence-electron chi connectivity index (χ0n) is 10.5. The van der Waals surface area contributed by atoms with Crippen LogP contribution in [-0.4, -0.2) is 13.0 Å². The van der Waals surface area contributed by atoms with Crippen molar-refractivity contribution in [2.45, 2.75) is 19.3 Å². The third-order valence-corrected chi connectivity index (χ3v) is 4.29. The van der Waals surface area contributed by atoms with E-state index in [0.29, 0.717) is 5.56 Å². The molecule has 0 aliphatic heterocycles. The van der Waals surface area contributed by atoms with Crippen molar-refractivity contribution in [3.8, 4) is 6.07 Å². The van der Waals surface area contributed by atoms with E-state index in [2.05, 4.69) is 6.07 Å². The molecule has 2 atom stereocenters. The van der Waals surface area contributed by atoms with Gasteiger partial charge < -0.3 is 4.90 Å². The van der Waals surface area contributed by atoms with E-state index in [-0.39, 0.29) is 11.8 Å². The number of amides is 1. The summed E-state index contributed by atoms with van der Waals surface area (Å²) >= 11 is 0. The van der Waals surface area contributed by atoms with Crippen molar-refractivity contribution >= 4 is 11.6 Å². The average Bonchev–Trinajstić information content (AvgIpc) is 3.03. The minimum atomic E-state index is 0.199. The minimum absolute atomic E-state index is 0.199. The van der Waals surface area contributed by atoms with Crippen LogP contribution in [0.25, 0.3) is 0 Å². The topological polar surface area (TPSA) is 44.1 Å². The van der Waals surface area contributed by atoms with E-state index in [9.17, 15) is 4.79 Å². The Morgan fingerprint density at radius 3 is 2.72 bits per heavy atom. The van der Waals surface area contributed by atoms with Crippen molar-refractivity contribution in [2.75, 3.05) is 11.9 Å². The van der Waals surface area contributed by atoms with Crippen LogP contribution in [0.4, 0.5) is 5.69 Å². The number of nitriles is 1. The van der Waals surface area contributed by atoms with E-state index < -0.39 is 0 Å². The molecule has 1 aromatic carbocycles. The average molecular weight is 240 g/mol. The lowest BCUT2D eigenvalue weighted by Crippen LogP contribution is -2.32. The Kier molecular flexibility index (Phi) is 2.59. The first-order valence-corrected chi connectivity index (χ1v) is 6.47. The molecule has 3 heteroatoms. The summed E-state index contributed by atoms with van der Waals surface area (Å²) < 4.78 is 0. The van der Waals surface area contributed by atoms with Gasteiger partial charge >= 0.3 is 0 Å². The van der Waals surface area contributed by atoms with Crippen molar-refractivity contribution in [2.24, 2.45) is 17.8 Å². The monoisotopic (exact) mass is 240 g/mol. The highest BCUT2D eigenvalue weighted by atomic mass is 16.2. The van der Waals surface area contributed by atoms with Gasteiger partial charge in [0.2, 0.25) is 5.91 Å². The normalized spacial score (nSPS) is 28.3. The molecule has 0 radical (unpaired) electrons. The van der Waals surface area contributed by atoms with E-state index in [1.165, 1.54) is 6.42 Å². The van der Waals surface area contributed by atoms with Crippen molar-refractivity contribution in [3.05, 3.63) is 29.8 Å². The van der Waals surface area contributed by atoms with Gasteiger partial charge in [-0.3, -0.25) is 4.79 Å². The Bertz CT molecular complexity index is 522. The van der Waals surface area contributed by atoms with Crippen molar-refractivity contribution in [3.63, 3.8) is 0 Å². The van der Waals surface area contributed by atoms with Crippen LogP contribution >= 0.6 is 0 Å². The summed E-state index contributed by atoms with van der Waals surface area (Å²) in [4.78, 5) is 14.1. The largest absolute Gasteiger partial charge is 0.315 e. The Morgan fingerprint density at radius 2 is 2.06 bits per heavy atom. The standard InChI is InChI=1S/C15H16N2O/c1-17(14-4-2-3-10(5-14)9-16)15(18)13-7-11-6-12(11)8-13/h2-5,11-13H,6-8H2,1H3. The van der Waals surface area contributed by atoms with Gasteiger partial charge in [0.15, 0.2) is 0 Å². The molecule has 1 aromatic rings. The second-order valence-electron chi connectivity index (χ2n) is 5.48. The highest BCUT2D eigenvalue weighted by Crippen LogP contribution is 2.54. The van der Waals surface area contributed by atoms with Crippen LogP contribution in [0.2, 0.25) is 0 Å². The Morgan fingerprint density at radius 1 is 1.33 bits per heavy atom. The Hall–Kier alpha value is -1.82. The van der Waals surface area contributed by atoms with Crippen molar-refractivity contribution in [1.82, 2.24) is 0 Å². The van der Waals surface area contributed by atoms with Crippen LogP contribution in [0, 0.1) is 29.1 Å². The summed E-state index contributed by atoms with van der Waals surface area (Å²) in [6.07, 6.45) is 3.45. The van der Waals surface area contributed by atoms with Gasteiger partial charge in [-0.1, -0.05) is 6.07 Å². The van der Waals surface area contributed by atoms with Gasteiger partial charge in [-0.2, -0.15) is 5.26 Å². The van der Waals surface area contributed by atoms with E-state index >= 15 is 0 Å². The second-order valence-corrected chi connectivity index (χ2v) is 5.48. The summed E-state index contributed by atoms with van der Waals surface area (Å²) in [5, 5.41) is 8.88. The number of hydrogen-bond acceptors (Lipinski definition) is 2. The Balaban J connectivity index is 1.75. The first-order valence-electron chi connectivity index (χ1n) is 6.47. The zero-order valence-corrected chi connectivity index (χ0v) is 10.5. The highest BCUT2D eigenvalue weighted by molar-refractivity contribution is 5.95. The number of hydrogen-bond donors (Lipinski definition) is 0. The molecule has 0 saturated heterocycles. The number of fused-ring (bicyclic) bond motifs is 1. The molecular weight excluding hydrogens is 224 g/mol. The van der Waals surface area contributed by atoms with Gasteiger partial charge in [-0.15, -0.1) is 0 Å². The first-order chi connectivity index (χ1) is 8.69. The lowest BCUT2D eigenvalue weighted by molar-refractivity contribution is -0.122. The second kappa shape index (κ2) is 4.13. The molecule has 2 unspecified atom stereocenters. The summed E-state index contributed by atoms with van der Waals surface area (Å²) in [5.74, 6) is 2.04. The Labute approximate surface area is 107 Å². The van der Waals surface area contributed by atoms with Gasteiger partial charge in [0.25, 0.3) is 0 Å². The molecule has 0 spiro atoms. The molecule has 2 aliphatic carbocycles. The predicted molar refractivity (Wildman–Crippen MR) is 68.9 cm³/mol. The molecule has 0 N–H and O–H groups in total. The summed E-state index contributed by atoms with van der Waals surface area (Å²) in [7, 11) is 1.81. The fraction of sp³-hybridized carbons (Fsp3) is 0.467. The van der Waals surface area contributed by atoms with Crippen LogP contribution in [0.15, 0.2) is 24.3 Å². The minimum Gasteiger partial charge on any atom is -0.315 e. The quantitative estimate of drug-likeness (QED) is 0.797. The third-order valence-electron chi connectivity index (χ3n) is 4.29. The van der Waals surface area contributed by atoms with Gasteiger partial charge in [0.1, 0.15) is 0 Å². The summed E-state index contributed by atoms with van der Waals surface area (Å²) in [5.41, 5.74) is 1.42. The number of benzene rings is 1. The number of nitrogens with zero attached hydrogens (tertiary/aromatic N) is 2. The summed E-state index contributed by atoms with van der Waals surface area (Å²) in [6, 6.07) is 9.34. The molecule has 18 heavy (non-hydrogen) atoms. The molecule has 2 aliphatic rings. The fourth-order valence-electron chi connectivity index (χ4n) is 3.10. The highest BCUT2D eigenvalue weighted by Gasteiger charge is 2.48. The predicted octanol–water partition coefficient (Wildman–Crippen LogP) is 2.57. The van der Waals surface area contributed by atoms with E-state index in [4.69, 9.17) is 5.26 Å². The van der Waals surface area contributed by atoms with Crippen LogP contribution in [-0.2, 0) is 4.79 Å². The van der Waals surface area contributed by atoms with Crippen LogP contribution in [0.5, 0.6) is 0 Å². The molecule has 3 nitrogen and oxygen atoms in total. The van der Waals surface area contributed by atoms with Crippen LogP contribution < -0.4 is 4.90 Å². The molecule has 0 heterocycles. The van der Waals surface area contributed by atoms with E-state index in [1.54, 1.807) is 17.0 Å². The lowest BCUT2D eigenvalue weighted by atomic mass is 10.0. The van der Waals surface area contributed by atoms with Crippen LogP contribution in [0.1, 0.15) is 24.8 Å². The maximum atomic E-state index is 12.4. The molecule has 0 aromatic heterocycles. The molecule has 0 bridgehead atoms. The van der Waals surface area contributed by atoms with Gasteiger partial charge in [0, 0.05) is 18.7 Å². The number of carbonyl (C=O) groups excluding carboxylic acids is 1. The molecule has 3 rings (SSSR count). The maximum Gasteiger partial charge on any atom is 0.229 e. The number of rotatable bonds is 2. The summed E-state index contributed by atoms with van der Waals surface area (Å²) in [6.45, 7) is 0. The van der Waals surface area contributed by atoms with Gasteiger partial charge in [-0.05, 0) is 49.3 Å². The molecule has 1 amide bonds. The van der Waals surface area contributed by atoms with Gasteiger partial charge in [-0.25, -0.2) is 0 Å². The zero-order chi connectivity index (χ0) is 12.7. The molecule has 92 valence electrons. The van der Waals surface area contributed by atoms with E-state index in [0.717, 1.165) is 30.4 Å². The van der Waals surface area contributed by atoms with E-state index in [1.807, 2.05) is 19.2 Å². The SMILES string of the molecule is CN(C(=O)C1CC2CC2C1)c1cccc(C#N)c1. The van der Waals surface area contributed by atoms with Crippen LogP contribution in [0.3, 0.4) is 0 Å². The lowest BCUT2D eigenvalue weighted by Gasteiger charge is -2.22. The van der Waals surface area contributed by atoms with Crippen molar-refractivity contribution < 1.29 is 4.79 Å². The smallest absolute Gasteiger partial charge is 0.229 e. The van der Waals surface area contributed by atoms with Crippen molar-refractivity contribution in [1.29, 1.82) is 5.26 Å². The fourth-order valence-corrected chi connectivity index (χ4v) is 3.10. The molecule has 2 saturated carbocycles. The maximum absolute atomic E-state index is 12.4. The third kappa shape index (κ3) is 1.88. The first kappa shape index (κ1) is 11.3. The molecule has 2 fully saturated rings.